The van der Waals surface area contributed by atoms with Gasteiger partial charge in [-0.05, 0) is 44.7 Å². The first-order valence-corrected chi connectivity index (χ1v) is 10.1. The molecule has 3 rings (SSSR count). The Bertz CT molecular complexity index is 723. The van der Waals surface area contributed by atoms with Gasteiger partial charge in [-0.3, -0.25) is 14.1 Å². The molecule has 0 aliphatic carbocycles. The van der Waals surface area contributed by atoms with Gasteiger partial charge in [-0.2, -0.15) is 13.5 Å². The molecule has 3 fully saturated rings. The summed E-state index contributed by atoms with van der Waals surface area (Å²) in [7, 11) is -4.86. The monoisotopic (exact) mass is 405 g/mol. The Morgan fingerprint density at radius 3 is 2.70 bits per heavy atom. The summed E-state index contributed by atoms with van der Waals surface area (Å²) in [5, 5.41) is 4.28. The van der Waals surface area contributed by atoms with Crippen LogP contribution in [0.15, 0.2) is 0 Å². The van der Waals surface area contributed by atoms with E-state index < -0.39 is 40.3 Å². The van der Waals surface area contributed by atoms with Crippen LogP contribution >= 0.6 is 0 Å². The molecule has 152 valence electrons. The molecule has 4 N–H and O–H groups in total. The summed E-state index contributed by atoms with van der Waals surface area (Å²) in [5.74, 6) is 4.58. The van der Waals surface area contributed by atoms with Crippen molar-refractivity contribution in [3.63, 3.8) is 0 Å². The maximum absolute atomic E-state index is 12.7. The van der Waals surface area contributed by atoms with Crippen LogP contribution in [0.25, 0.3) is 0 Å². The minimum Gasteiger partial charge on any atom is -0.316 e. The highest BCUT2D eigenvalue weighted by Gasteiger charge is 2.50. The van der Waals surface area contributed by atoms with Crippen molar-refractivity contribution in [2.75, 3.05) is 19.6 Å². The molecule has 12 nitrogen and oxygen atoms in total. The number of hydrazine groups is 1. The molecule has 0 aromatic carbocycles. The van der Waals surface area contributed by atoms with Gasteiger partial charge in [0.05, 0.1) is 6.04 Å². The Balaban J connectivity index is 1.63. The fourth-order valence-corrected chi connectivity index (χ4v) is 4.20. The SMILES string of the molecule is NN(C(=O)CC1CCCNC1)C(=O)C1CCC2CN1C(=O)N2OS(=O)(=O)O. The largest absolute Gasteiger partial charge is 0.418 e. The molecular formula is C14H23N5O7S. The summed E-state index contributed by atoms with van der Waals surface area (Å²) >= 11 is 0. The van der Waals surface area contributed by atoms with Crippen molar-refractivity contribution < 1.29 is 31.6 Å². The van der Waals surface area contributed by atoms with E-state index in [1.807, 2.05) is 0 Å². The van der Waals surface area contributed by atoms with Gasteiger partial charge in [0.2, 0.25) is 5.91 Å². The van der Waals surface area contributed by atoms with E-state index in [0.29, 0.717) is 16.6 Å². The number of urea groups is 1. The van der Waals surface area contributed by atoms with Gasteiger partial charge < -0.3 is 10.2 Å². The van der Waals surface area contributed by atoms with Crippen molar-refractivity contribution >= 4 is 28.2 Å². The number of imide groups is 1. The lowest BCUT2D eigenvalue weighted by molar-refractivity contribution is -0.149. The average Bonchev–Trinajstić information content (AvgIpc) is 2.85. The van der Waals surface area contributed by atoms with Crippen molar-refractivity contribution in [2.45, 2.75) is 44.2 Å². The Morgan fingerprint density at radius 1 is 1.33 bits per heavy atom. The number of carbonyl (C=O) groups is 3. The second-order valence-corrected chi connectivity index (χ2v) is 8.03. The van der Waals surface area contributed by atoms with Crippen molar-refractivity contribution in [3.8, 4) is 0 Å². The normalized spacial score (nSPS) is 28.4. The molecule has 0 radical (unpaired) electrons. The van der Waals surface area contributed by atoms with Crippen LogP contribution in [0.5, 0.6) is 0 Å². The molecule has 2 bridgehead atoms. The number of rotatable bonds is 5. The summed E-state index contributed by atoms with van der Waals surface area (Å²) in [5.41, 5.74) is 0. The molecule has 3 unspecified atom stereocenters. The van der Waals surface area contributed by atoms with E-state index in [0.717, 1.165) is 24.3 Å². The minimum absolute atomic E-state index is 0.0410. The summed E-state index contributed by atoms with van der Waals surface area (Å²) < 4.78 is 34.9. The van der Waals surface area contributed by atoms with Crippen molar-refractivity contribution in [2.24, 2.45) is 11.8 Å². The highest BCUT2D eigenvalue weighted by atomic mass is 32.3. The third kappa shape index (κ3) is 4.38. The fourth-order valence-electron chi connectivity index (χ4n) is 3.82. The number of amides is 4. The molecule has 27 heavy (non-hydrogen) atoms. The summed E-state index contributed by atoms with van der Waals surface area (Å²) in [6.45, 7) is 1.63. The number of nitrogens with two attached hydrogens (primary N) is 1. The van der Waals surface area contributed by atoms with E-state index in [-0.39, 0.29) is 31.7 Å². The van der Waals surface area contributed by atoms with E-state index in [1.54, 1.807) is 0 Å². The van der Waals surface area contributed by atoms with Crippen LogP contribution in [0.3, 0.4) is 0 Å². The van der Waals surface area contributed by atoms with Gasteiger partial charge in [0.1, 0.15) is 6.04 Å². The Labute approximate surface area is 156 Å². The van der Waals surface area contributed by atoms with Gasteiger partial charge in [-0.15, -0.1) is 4.28 Å². The van der Waals surface area contributed by atoms with Crippen LogP contribution < -0.4 is 11.2 Å². The number of piperidine rings is 2. The van der Waals surface area contributed by atoms with E-state index >= 15 is 0 Å². The van der Waals surface area contributed by atoms with Crippen molar-refractivity contribution in [1.82, 2.24) is 20.3 Å². The first-order chi connectivity index (χ1) is 12.7. The van der Waals surface area contributed by atoms with Gasteiger partial charge in [0.25, 0.3) is 5.91 Å². The van der Waals surface area contributed by atoms with Crippen LogP contribution in [-0.4, -0.2) is 77.5 Å². The fraction of sp³-hybridized carbons (Fsp3) is 0.786. The van der Waals surface area contributed by atoms with Gasteiger partial charge in [-0.25, -0.2) is 15.6 Å². The zero-order valence-electron chi connectivity index (χ0n) is 14.6. The lowest BCUT2D eigenvalue weighted by Gasteiger charge is -2.32. The highest BCUT2D eigenvalue weighted by Crippen LogP contribution is 2.31. The lowest BCUT2D eigenvalue weighted by Crippen LogP contribution is -2.55. The number of carbonyl (C=O) groups excluding carboxylic acids is 3. The molecule has 4 amide bonds. The molecule has 0 spiro atoms. The third-order valence-electron chi connectivity index (χ3n) is 5.15. The van der Waals surface area contributed by atoms with E-state index in [9.17, 15) is 22.8 Å². The third-order valence-corrected chi connectivity index (χ3v) is 5.50. The smallest absolute Gasteiger partial charge is 0.316 e. The summed E-state index contributed by atoms with van der Waals surface area (Å²) in [6, 6.07) is -2.47. The molecule has 0 saturated carbocycles. The second-order valence-electron chi connectivity index (χ2n) is 7.03. The number of hydrogen-bond acceptors (Lipinski definition) is 8. The number of nitrogens with one attached hydrogen (secondary N) is 1. The number of nitrogens with zero attached hydrogens (tertiary/aromatic N) is 3. The standard InChI is InChI=1S/C14H23N5O7S/c15-18(12(20)6-9-2-1-5-16-7-9)13(21)11-4-3-10-8-17(11)14(22)19(10)26-27(23,24)25/h9-11,16H,1-8,15H2,(H,23,24,25). The minimum atomic E-state index is -4.86. The topological polar surface area (TPSA) is 163 Å². The highest BCUT2D eigenvalue weighted by molar-refractivity contribution is 7.80. The Morgan fingerprint density at radius 2 is 2.07 bits per heavy atom. The molecular weight excluding hydrogens is 382 g/mol. The predicted octanol–water partition coefficient (Wildman–Crippen LogP) is -1.39. The maximum Gasteiger partial charge on any atom is 0.418 e. The molecule has 3 aliphatic rings. The van der Waals surface area contributed by atoms with Gasteiger partial charge in [-0.1, -0.05) is 0 Å². The number of fused-ring (bicyclic) bond motifs is 2. The first kappa shape index (κ1) is 19.9. The number of hydroxylamine groups is 2. The quantitative estimate of drug-likeness (QED) is 0.216. The zero-order chi connectivity index (χ0) is 19.8. The van der Waals surface area contributed by atoms with E-state index in [4.69, 9.17) is 10.4 Å². The van der Waals surface area contributed by atoms with Crippen molar-refractivity contribution in [1.29, 1.82) is 0 Å². The summed E-state index contributed by atoms with van der Waals surface area (Å²) in [4.78, 5) is 38.4. The molecule has 3 aliphatic heterocycles. The van der Waals surface area contributed by atoms with Gasteiger partial charge in [0, 0.05) is 13.0 Å². The number of hydrogen-bond donors (Lipinski definition) is 3. The van der Waals surface area contributed by atoms with Crippen molar-refractivity contribution in [3.05, 3.63) is 0 Å². The van der Waals surface area contributed by atoms with Gasteiger partial charge >= 0.3 is 16.4 Å². The van der Waals surface area contributed by atoms with Crippen LogP contribution in [0.4, 0.5) is 4.79 Å². The molecule has 13 heteroatoms. The van der Waals surface area contributed by atoms with Gasteiger partial charge in [0.15, 0.2) is 0 Å². The Hall–Kier alpha value is -1.80. The lowest BCUT2D eigenvalue weighted by atomic mass is 9.95. The van der Waals surface area contributed by atoms with Crippen LogP contribution in [0, 0.1) is 5.92 Å². The molecule has 3 saturated heterocycles. The zero-order valence-corrected chi connectivity index (χ0v) is 15.4. The molecule has 3 atom stereocenters. The Kier molecular flexibility index (Phi) is 5.67. The molecule has 0 aromatic rings. The second kappa shape index (κ2) is 7.67. The molecule has 0 aromatic heterocycles. The predicted molar refractivity (Wildman–Crippen MR) is 89.6 cm³/mol. The average molecular weight is 405 g/mol. The summed E-state index contributed by atoms with van der Waals surface area (Å²) in [6.07, 6.45) is 2.43. The van der Waals surface area contributed by atoms with E-state index in [2.05, 4.69) is 9.60 Å². The van der Waals surface area contributed by atoms with Crippen LogP contribution in [0.1, 0.15) is 32.1 Å². The van der Waals surface area contributed by atoms with Crippen LogP contribution in [-0.2, 0) is 24.3 Å². The van der Waals surface area contributed by atoms with Crippen LogP contribution in [0.2, 0.25) is 0 Å². The van der Waals surface area contributed by atoms with E-state index in [1.165, 1.54) is 0 Å². The maximum atomic E-state index is 12.7. The molecule has 3 heterocycles. The first-order valence-electron chi connectivity index (χ1n) is 8.76.